The van der Waals surface area contributed by atoms with Crippen molar-refractivity contribution in [3.63, 3.8) is 0 Å². The fourth-order valence-corrected chi connectivity index (χ4v) is 3.65. The second kappa shape index (κ2) is 6.37. The molecule has 25 heavy (non-hydrogen) atoms. The number of hydrogen-bond acceptors (Lipinski definition) is 3. The van der Waals surface area contributed by atoms with E-state index in [2.05, 4.69) is 28.8 Å². The van der Waals surface area contributed by atoms with E-state index >= 15 is 0 Å². The maximum atomic E-state index is 12.7. The molecule has 4 rings (SSSR count). The number of aryl methyl sites for hydroxylation is 2. The zero-order valence-corrected chi connectivity index (χ0v) is 14.6. The third kappa shape index (κ3) is 2.83. The number of carbonyl (C=O) groups excluding carboxylic acids is 1. The Kier molecular flexibility index (Phi) is 4.06. The Balaban J connectivity index is 1.54. The van der Waals surface area contributed by atoms with E-state index in [-0.39, 0.29) is 11.9 Å². The molecule has 4 heteroatoms. The van der Waals surface area contributed by atoms with E-state index in [1.165, 1.54) is 11.1 Å². The van der Waals surface area contributed by atoms with Crippen molar-refractivity contribution >= 4 is 16.9 Å². The van der Waals surface area contributed by atoms with Crippen LogP contribution in [0.5, 0.6) is 0 Å². The van der Waals surface area contributed by atoms with E-state index < -0.39 is 0 Å². The maximum absolute atomic E-state index is 12.7. The lowest BCUT2D eigenvalue weighted by atomic mass is 9.94. The van der Waals surface area contributed by atoms with Gasteiger partial charge >= 0.3 is 0 Å². The van der Waals surface area contributed by atoms with Crippen molar-refractivity contribution in [1.82, 2.24) is 10.6 Å². The monoisotopic (exact) mass is 334 g/mol. The van der Waals surface area contributed by atoms with Crippen LogP contribution in [0.3, 0.4) is 0 Å². The van der Waals surface area contributed by atoms with Crippen molar-refractivity contribution in [3.05, 3.63) is 70.5 Å². The van der Waals surface area contributed by atoms with Crippen molar-refractivity contribution in [2.45, 2.75) is 26.3 Å². The van der Waals surface area contributed by atoms with E-state index in [1.54, 1.807) is 0 Å². The van der Waals surface area contributed by atoms with Gasteiger partial charge < -0.3 is 15.1 Å². The van der Waals surface area contributed by atoms with Crippen LogP contribution in [0.1, 0.15) is 38.9 Å². The number of hydrogen-bond donors (Lipinski definition) is 2. The largest absolute Gasteiger partial charge is 0.450 e. The molecule has 3 aromatic rings. The lowest BCUT2D eigenvalue weighted by Gasteiger charge is -2.27. The molecule has 2 N–H and O–H groups in total. The molecule has 0 saturated heterocycles. The number of rotatable bonds is 3. The lowest BCUT2D eigenvalue weighted by molar-refractivity contribution is 0.0922. The van der Waals surface area contributed by atoms with Gasteiger partial charge in [0.1, 0.15) is 5.58 Å². The average molecular weight is 334 g/mol. The molecule has 128 valence electrons. The van der Waals surface area contributed by atoms with E-state index in [9.17, 15) is 4.79 Å². The molecule has 1 amide bonds. The fraction of sp³-hybridized carbons (Fsp3) is 0.286. The van der Waals surface area contributed by atoms with Gasteiger partial charge in [0.25, 0.3) is 5.91 Å². The van der Waals surface area contributed by atoms with Crippen LogP contribution in [0.4, 0.5) is 0 Å². The number of nitrogens with one attached hydrogen (secondary N) is 2. The fourth-order valence-electron chi connectivity index (χ4n) is 3.65. The lowest BCUT2D eigenvalue weighted by Crippen LogP contribution is -2.38. The summed E-state index contributed by atoms with van der Waals surface area (Å²) in [7, 11) is 0. The van der Waals surface area contributed by atoms with Crippen LogP contribution in [0.2, 0.25) is 0 Å². The third-order valence-corrected chi connectivity index (χ3v) is 5.05. The highest BCUT2D eigenvalue weighted by Crippen LogP contribution is 2.28. The van der Waals surface area contributed by atoms with Gasteiger partial charge in [-0.15, -0.1) is 0 Å². The molecule has 2 heterocycles. The number of fused-ring (bicyclic) bond motifs is 2. The number of benzene rings is 2. The molecule has 1 aromatic heterocycles. The summed E-state index contributed by atoms with van der Waals surface area (Å²) < 4.78 is 5.87. The van der Waals surface area contributed by atoms with Gasteiger partial charge in [-0.2, -0.15) is 0 Å². The standard InChI is InChI=1S/C21H22N2O2/c1-13-6-5-9-16-14(2)20(25-19(13)16)21(24)23-12-18-17-8-4-3-7-15(17)10-11-22-18/h3-9,18,22H,10-12H2,1-2H3,(H,23,24). The Labute approximate surface area is 147 Å². The van der Waals surface area contributed by atoms with Crippen molar-refractivity contribution in [2.75, 3.05) is 13.1 Å². The van der Waals surface area contributed by atoms with Crippen molar-refractivity contribution in [1.29, 1.82) is 0 Å². The van der Waals surface area contributed by atoms with Crippen LogP contribution in [-0.2, 0) is 6.42 Å². The van der Waals surface area contributed by atoms with Gasteiger partial charge in [0.2, 0.25) is 0 Å². The minimum atomic E-state index is -0.155. The maximum Gasteiger partial charge on any atom is 0.287 e. The Morgan fingerprint density at radius 1 is 1.20 bits per heavy atom. The Morgan fingerprint density at radius 2 is 2.04 bits per heavy atom. The summed E-state index contributed by atoms with van der Waals surface area (Å²) in [5.41, 5.74) is 5.37. The molecular formula is C21H22N2O2. The molecule has 1 aliphatic rings. The zero-order valence-electron chi connectivity index (χ0n) is 14.6. The van der Waals surface area contributed by atoms with Crippen molar-refractivity contribution in [3.8, 4) is 0 Å². The third-order valence-electron chi connectivity index (χ3n) is 5.05. The Morgan fingerprint density at radius 3 is 2.88 bits per heavy atom. The van der Waals surface area contributed by atoms with Crippen LogP contribution in [-0.4, -0.2) is 19.0 Å². The molecule has 0 spiro atoms. The number of para-hydroxylation sites is 1. The molecule has 0 saturated carbocycles. The molecule has 1 atom stereocenters. The van der Waals surface area contributed by atoms with Gasteiger partial charge in [-0.3, -0.25) is 4.79 Å². The summed E-state index contributed by atoms with van der Waals surface area (Å²) in [6, 6.07) is 14.5. The topological polar surface area (TPSA) is 54.3 Å². The first-order chi connectivity index (χ1) is 12.1. The highest BCUT2D eigenvalue weighted by atomic mass is 16.3. The summed E-state index contributed by atoms with van der Waals surface area (Å²) in [6.07, 6.45) is 1.03. The van der Waals surface area contributed by atoms with Gasteiger partial charge in [0.05, 0.1) is 0 Å². The first-order valence-electron chi connectivity index (χ1n) is 8.73. The van der Waals surface area contributed by atoms with Crippen LogP contribution < -0.4 is 10.6 Å². The average Bonchev–Trinajstić information content (AvgIpc) is 2.98. The summed E-state index contributed by atoms with van der Waals surface area (Å²) in [6.45, 7) is 5.41. The Hall–Kier alpha value is -2.59. The first kappa shape index (κ1) is 15.9. The normalized spacial score (nSPS) is 16.6. The number of amides is 1. The van der Waals surface area contributed by atoms with Crippen LogP contribution >= 0.6 is 0 Å². The van der Waals surface area contributed by atoms with Gasteiger partial charge in [0.15, 0.2) is 5.76 Å². The van der Waals surface area contributed by atoms with Gasteiger partial charge in [-0.25, -0.2) is 0 Å². The quantitative estimate of drug-likeness (QED) is 0.768. The predicted molar refractivity (Wildman–Crippen MR) is 98.9 cm³/mol. The van der Waals surface area contributed by atoms with Crippen LogP contribution in [0.15, 0.2) is 46.9 Å². The van der Waals surface area contributed by atoms with Crippen LogP contribution in [0.25, 0.3) is 11.0 Å². The number of furan rings is 1. The molecule has 0 fully saturated rings. The predicted octanol–water partition coefficient (Wildman–Crippen LogP) is 3.67. The SMILES string of the molecule is Cc1c(C(=O)NCC2NCCc3ccccc32)oc2c(C)cccc12. The zero-order chi connectivity index (χ0) is 17.4. The summed E-state index contributed by atoms with van der Waals surface area (Å²) in [5, 5.41) is 7.53. The Bertz CT molecular complexity index is 942. The number of carbonyl (C=O) groups is 1. The van der Waals surface area contributed by atoms with E-state index in [0.29, 0.717) is 12.3 Å². The summed E-state index contributed by atoms with van der Waals surface area (Å²) >= 11 is 0. The molecule has 0 radical (unpaired) electrons. The van der Waals surface area contributed by atoms with E-state index in [0.717, 1.165) is 35.1 Å². The van der Waals surface area contributed by atoms with Gasteiger partial charge in [-0.1, -0.05) is 42.5 Å². The first-order valence-corrected chi connectivity index (χ1v) is 8.73. The molecule has 0 aliphatic carbocycles. The minimum absolute atomic E-state index is 0.139. The van der Waals surface area contributed by atoms with E-state index in [1.807, 2.05) is 38.1 Å². The van der Waals surface area contributed by atoms with Crippen molar-refractivity contribution < 1.29 is 9.21 Å². The van der Waals surface area contributed by atoms with Crippen molar-refractivity contribution in [2.24, 2.45) is 0 Å². The molecule has 4 nitrogen and oxygen atoms in total. The molecule has 0 bridgehead atoms. The molecule has 1 aliphatic heterocycles. The van der Waals surface area contributed by atoms with Crippen LogP contribution in [0, 0.1) is 13.8 Å². The summed E-state index contributed by atoms with van der Waals surface area (Å²) in [4.78, 5) is 12.7. The summed E-state index contributed by atoms with van der Waals surface area (Å²) in [5.74, 6) is 0.256. The highest BCUT2D eigenvalue weighted by Gasteiger charge is 2.22. The molecule has 1 unspecified atom stereocenters. The second-order valence-electron chi connectivity index (χ2n) is 6.67. The molecule has 2 aromatic carbocycles. The van der Waals surface area contributed by atoms with Gasteiger partial charge in [-0.05, 0) is 43.5 Å². The van der Waals surface area contributed by atoms with Gasteiger partial charge in [0, 0.05) is 23.5 Å². The van der Waals surface area contributed by atoms with E-state index in [4.69, 9.17) is 4.42 Å². The molecular weight excluding hydrogens is 312 g/mol. The highest BCUT2D eigenvalue weighted by molar-refractivity contribution is 5.99. The second-order valence-corrected chi connectivity index (χ2v) is 6.67. The smallest absolute Gasteiger partial charge is 0.287 e. The minimum Gasteiger partial charge on any atom is -0.450 e.